The Bertz CT molecular complexity index is 289. The molecule has 2 rings (SSSR count). The second-order valence-corrected chi connectivity index (χ2v) is 4.00. The van der Waals surface area contributed by atoms with E-state index in [1.165, 1.54) is 5.56 Å². The quantitative estimate of drug-likeness (QED) is 0.765. The van der Waals surface area contributed by atoms with Crippen LogP contribution in [0.4, 0.5) is 0 Å². The van der Waals surface area contributed by atoms with Crippen LogP contribution in [-0.2, 0) is 11.3 Å². The predicted octanol–water partition coefficient (Wildman–Crippen LogP) is 0.129. The molecule has 0 radical (unpaired) electrons. The van der Waals surface area contributed by atoms with Crippen molar-refractivity contribution in [3.05, 3.63) is 35.9 Å². The van der Waals surface area contributed by atoms with Crippen molar-refractivity contribution >= 4 is 0 Å². The number of rotatable bonds is 3. The third-order valence-corrected chi connectivity index (χ3v) is 2.79. The summed E-state index contributed by atoms with van der Waals surface area (Å²) in [4.78, 5) is 2.44. The summed E-state index contributed by atoms with van der Waals surface area (Å²) >= 11 is 0. The molecule has 0 bridgehead atoms. The molecule has 1 fully saturated rings. The number of ether oxygens (including phenoxy) is 1. The lowest BCUT2D eigenvalue weighted by atomic mass is 10.2. The summed E-state index contributed by atoms with van der Waals surface area (Å²) < 4.78 is 5.59. The highest BCUT2D eigenvalue weighted by atomic mass is 16.5. The van der Waals surface area contributed by atoms with E-state index in [0.29, 0.717) is 6.10 Å². The zero-order valence-electron chi connectivity index (χ0n) is 9.06. The van der Waals surface area contributed by atoms with Gasteiger partial charge in [-0.05, 0) is 5.56 Å². The van der Waals surface area contributed by atoms with E-state index in [-0.39, 0.29) is 0 Å². The SMILES string of the molecule is [NH3+]C[C@H]1CN(Cc2ccccc2)CCO1. The van der Waals surface area contributed by atoms with E-state index < -0.39 is 0 Å². The van der Waals surface area contributed by atoms with Crippen LogP contribution >= 0.6 is 0 Å². The van der Waals surface area contributed by atoms with Crippen LogP contribution in [-0.4, -0.2) is 37.2 Å². The Morgan fingerprint density at radius 1 is 1.33 bits per heavy atom. The lowest BCUT2D eigenvalue weighted by Crippen LogP contribution is -2.60. The van der Waals surface area contributed by atoms with Crippen LogP contribution < -0.4 is 5.73 Å². The number of hydrogen-bond donors (Lipinski definition) is 1. The lowest BCUT2D eigenvalue weighted by Gasteiger charge is -2.31. The minimum atomic E-state index is 0.322. The van der Waals surface area contributed by atoms with E-state index in [4.69, 9.17) is 4.74 Å². The van der Waals surface area contributed by atoms with Crippen molar-refractivity contribution in [3.8, 4) is 0 Å². The fraction of sp³-hybridized carbons (Fsp3) is 0.500. The van der Waals surface area contributed by atoms with Gasteiger partial charge in [-0.1, -0.05) is 30.3 Å². The van der Waals surface area contributed by atoms with Crippen molar-refractivity contribution in [2.24, 2.45) is 0 Å². The predicted molar refractivity (Wildman–Crippen MR) is 59.2 cm³/mol. The van der Waals surface area contributed by atoms with Crippen LogP contribution in [0.5, 0.6) is 0 Å². The van der Waals surface area contributed by atoms with Gasteiger partial charge in [0, 0.05) is 19.6 Å². The molecular weight excluding hydrogens is 188 g/mol. The minimum absolute atomic E-state index is 0.322. The standard InChI is InChI=1S/C12H18N2O/c13-8-12-10-14(6-7-15-12)9-11-4-2-1-3-5-11/h1-5,12H,6-10,13H2/p+1/t12-/m0/s1. The zero-order chi connectivity index (χ0) is 10.5. The fourth-order valence-corrected chi connectivity index (χ4v) is 1.94. The molecule has 0 saturated carbocycles. The monoisotopic (exact) mass is 207 g/mol. The van der Waals surface area contributed by atoms with Crippen molar-refractivity contribution in [2.75, 3.05) is 26.2 Å². The van der Waals surface area contributed by atoms with Gasteiger partial charge in [0.1, 0.15) is 12.6 Å². The van der Waals surface area contributed by atoms with E-state index in [0.717, 1.165) is 32.8 Å². The Morgan fingerprint density at radius 2 is 2.13 bits per heavy atom. The number of benzene rings is 1. The molecular formula is C12H19N2O+. The van der Waals surface area contributed by atoms with Crippen molar-refractivity contribution in [3.63, 3.8) is 0 Å². The molecule has 0 unspecified atom stereocenters. The van der Waals surface area contributed by atoms with Gasteiger partial charge in [-0.15, -0.1) is 0 Å². The lowest BCUT2D eigenvalue weighted by molar-refractivity contribution is -0.389. The van der Waals surface area contributed by atoms with Crippen molar-refractivity contribution in [2.45, 2.75) is 12.6 Å². The molecule has 1 saturated heterocycles. The largest absolute Gasteiger partial charge is 0.370 e. The average Bonchev–Trinajstić information content (AvgIpc) is 2.31. The Hall–Kier alpha value is -0.900. The summed E-state index contributed by atoms with van der Waals surface area (Å²) in [5.41, 5.74) is 5.28. The third-order valence-electron chi connectivity index (χ3n) is 2.79. The molecule has 0 aliphatic carbocycles. The number of nitrogens with zero attached hydrogens (tertiary/aromatic N) is 1. The summed E-state index contributed by atoms with van der Waals surface area (Å²) in [6, 6.07) is 10.6. The van der Waals surface area contributed by atoms with Crippen LogP contribution in [0, 0.1) is 0 Å². The summed E-state index contributed by atoms with van der Waals surface area (Å²) in [6.45, 7) is 4.78. The number of morpholine rings is 1. The highest BCUT2D eigenvalue weighted by molar-refractivity contribution is 5.14. The van der Waals surface area contributed by atoms with Crippen LogP contribution in [0.2, 0.25) is 0 Å². The van der Waals surface area contributed by atoms with E-state index in [2.05, 4.69) is 41.0 Å². The first-order valence-corrected chi connectivity index (χ1v) is 5.55. The highest BCUT2D eigenvalue weighted by Crippen LogP contribution is 2.09. The van der Waals surface area contributed by atoms with E-state index >= 15 is 0 Å². The first kappa shape index (κ1) is 10.6. The van der Waals surface area contributed by atoms with Crippen LogP contribution in [0.3, 0.4) is 0 Å². The Kier molecular flexibility index (Phi) is 3.72. The average molecular weight is 207 g/mol. The maximum absolute atomic E-state index is 5.59. The van der Waals surface area contributed by atoms with E-state index in [1.54, 1.807) is 0 Å². The summed E-state index contributed by atoms with van der Waals surface area (Å²) in [5, 5.41) is 0. The molecule has 1 aromatic rings. The van der Waals surface area contributed by atoms with Crippen LogP contribution in [0.25, 0.3) is 0 Å². The van der Waals surface area contributed by atoms with E-state index in [1.807, 2.05) is 0 Å². The Labute approximate surface area is 90.8 Å². The molecule has 0 spiro atoms. The maximum Gasteiger partial charge on any atom is 0.119 e. The van der Waals surface area contributed by atoms with Gasteiger partial charge in [-0.3, -0.25) is 4.90 Å². The van der Waals surface area contributed by atoms with Gasteiger partial charge in [-0.25, -0.2) is 0 Å². The van der Waals surface area contributed by atoms with Crippen molar-refractivity contribution in [1.29, 1.82) is 0 Å². The van der Waals surface area contributed by atoms with Crippen LogP contribution in [0.15, 0.2) is 30.3 Å². The molecule has 82 valence electrons. The maximum atomic E-state index is 5.59. The minimum Gasteiger partial charge on any atom is -0.370 e. The van der Waals surface area contributed by atoms with Gasteiger partial charge in [0.15, 0.2) is 0 Å². The highest BCUT2D eigenvalue weighted by Gasteiger charge is 2.20. The second-order valence-electron chi connectivity index (χ2n) is 4.00. The summed E-state index contributed by atoms with van der Waals surface area (Å²) in [5.74, 6) is 0. The van der Waals surface area contributed by atoms with Gasteiger partial charge in [0.2, 0.25) is 0 Å². The second kappa shape index (κ2) is 5.26. The van der Waals surface area contributed by atoms with E-state index in [9.17, 15) is 0 Å². The molecule has 1 atom stereocenters. The number of quaternary nitrogens is 1. The first-order chi connectivity index (χ1) is 7.38. The molecule has 1 aromatic carbocycles. The first-order valence-electron chi connectivity index (χ1n) is 5.55. The normalized spacial score (nSPS) is 22.9. The fourth-order valence-electron chi connectivity index (χ4n) is 1.94. The third kappa shape index (κ3) is 3.02. The molecule has 0 aromatic heterocycles. The molecule has 3 heteroatoms. The summed E-state index contributed by atoms with van der Waals surface area (Å²) in [6.07, 6.45) is 0.322. The van der Waals surface area contributed by atoms with Gasteiger partial charge in [0.05, 0.1) is 6.61 Å². The van der Waals surface area contributed by atoms with Crippen molar-refractivity contribution in [1.82, 2.24) is 4.90 Å². The number of hydrogen-bond acceptors (Lipinski definition) is 2. The smallest absolute Gasteiger partial charge is 0.119 e. The van der Waals surface area contributed by atoms with Crippen LogP contribution in [0.1, 0.15) is 5.56 Å². The van der Waals surface area contributed by atoms with Gasteiger partial charge < -0.3 is 10.5 Å². The Morgan fingerprint density at radius 3 is 2.87 bits per heavy atom. The van der Waals surface area contributed by atoms with Gasteiger partial charge in [-0.2, -0.15) is 0 Å². The molecule has 3 nitrogen and oxygen atoms in total. The zero-order valence-corrected chi connectivity index (χ0v) is 9.06. The molecule has 15 heavy (non-hydrogen) atoms. The topological polar surface area (TPSA) is 40.1 Å². The molecule has 1 aliphatic rings. The molecule has 1 heterocycles. The molecule has 1 aliphatic heterocycles. The molecule has 0 amide bonds. The van der Waals surface area contributed by atoms with Gasteiger partial charge in [0.25, 0.3) is 0 Å². The Balaban J connectivity index is 1.89. The van der Waals surface area contributed by atoms with Crippen molar-refractivity contribution < 1.29 is 10.5 Å². The summed E-state index contributed by atoms with van der Waals surface area (Å²) in [7, 11) is 0. The molecule has 3 N–H and O–H groups in total. The van der Waals surface area contributed by atoms with Gasteiger partial charge >= 0.3 is 0 Å².